The molecule has 10 heteroatoms. The Balaban J connectivity index is 2.29. The number of non-ortho nitro benzene ring substituents is 1. The second kappa shape index (κ2) is 7.91. The van der Waals surface area contributed by atoms with Crippen molar-refractivity contribution < 1.29 is 18.1 Å². The Morgan fingerprint density at radius 1 is 1.36 bits per heavy atom. The van der Waals surface area contributed by atoms with E-state index in [4.69, 9.17) is 4.74 Å². The second-order valence-corrected chi connectivity index (χ2v) is 8.15. The molecule has 2 rings (SSSR count). The van der Waals surface area contributed by atoms with Crippen LogP contribution in [0.15, 0.2) is 40.6 Å². The van der Waals surface area contributed by atoms with Crippen molar-refractivity contribution >= 4 is 27.0 Å². The third-order valence-corrected chi connectivity index (χ3v) is 6.03. The average Bonchev–Trinajstić information content (AvgIpc) is 3.08. The molecule has 0 saturated heterocycles. The number of hydrogen-bond donors (Lipinski definition) is 1. The topological polar surface area (TPSA) is 102 Å². The van der Waals surface area contributed by atoms with Crippen molar-refractivity contribution in [2.24, 2.45) is 0 Å². The van der Waals surface area contributed by atoms with E-state index in [0.717, 1.165) is 10.9 Å². The molecule has 0 bridgehead atoms. The van der Waals surface area contributed by atoms with Gasteiger partial charge in [-0.15, -0.1) is 11.3 Å². The lowest BCUT2D eigenvalue weighted by Crippen LogP contribution is -2.34. The minimum atomic E-state index is -3.98. The molecule has 1 atom stereocenters. The molecule has 1 aromatic heterocycles. The van der Waals surface area contributed by atoms with E-state index >= 15 is 0 Å². The van der Waals surface area contributed by atoms with E-state index in [0.29, 0.717) is 0 Å². The van der Waals surface area contributed by atoms with Gasteiger partial charge in [0, 0.05) is 23.6 Å². The number of benzene rings is 1. The number of nitro groups is 1. The summed E-state index contributed by atoms with van der Waals surface area (Å²) in [6.07, 6.45) is 0. The number of methoxy groups -OCH3 is 1. The van der Waals surface area contributed by atoms with Crippen LogP contribution in [0, 0.1) is 10.1 Å². The zero-order valence-corrected chi connectivity index (χ0v) is 15.6. The summed E-state index contributed by atoms with van der Waals surface area (Å²) < 4.78 is 32.9. The maximum absolute atomic E-state index is 12.7. The van der Waals surface area contributed by atoms with Crippen molar-refractivity contribution in [2.75, 3.05) is 27.7 Å². The lowest BCUT2D eigenvalue weighted by Gasteiger charge is -2.23. The Morgan fingerprint density at radius 3 is 2.60 bits per heavy atom. The zero-order chi connectivity index (χ0) is 18.6. The highest BCUT2D eigenvalue weighted by molar-refractivity contribution is 7.89. The van der Waals surface area contributed by atoms with Crippen molar-refractivity contribution in [1.82, 2.24) is 9.62 Å². The van der Waals surface area contributed by atoms with Gasteiger partial charge in [-0.1, -0.05) is 6.07 Å². The van der Waals surface area contributed by atoms with Crippen LogP contribution in [-0.4, -0.2) is 46.0 Å². The quantitative estimate of drug-likeness (QED) is 0.552. The summed E-state index contributed by atoms with van der Waals surface area (Å²) in [6.45, 7) is 0.127. The van der Waals surface area contributed by atoms with Gasteiger partial charge >= 0.3 is 0 Å². The lowest BCUT2D eigenvalue weighted by atomic mass is 10.2. The van der Waals surface area contributed by atoms with Crippen LogP contribution in [-0.2, 0) is 10.0 Å². The van der Waals surface area contributed by atoms with E-state index in [-0.39, 0.29) is 28.9 Å². The fourth-order valence-electron chi connectivity index (χ4n) is 2.27. The van der Waals surface area contributed by atoms with Gasteiger partial charge in [-0.3, -0.25) is 10.1 Å². The van der Waals surface area contributed by atoms with E-state index in [1.165, 1.54) is 30.6 Å². The molecule has 0 spiro atoms. The Bertz CT molecular complexity index is 835. The Kier molecular flexibility index (Phi) is 6.11. The second-order valence-electron chi connectivity index (χ2n) is 5.44. The standard InChI is InChI=1S/C15H19N3O5S2/c1-17(2)12(14-5-4-8-24-14)10-16-25(21,22)15-9-11(18(19)20)6-7-13(15)23-3/h4-9,12,16H,10H2,1-3H3. The molecule has 1 N–H and O–H groups in total. The van der Waals surface area contributed by atoms with Gasteiger partial charge in [0.05, 0.1) is 18.1 Å². The molecule has 0 aliphatic heterocycles. The molecule has 0 aliphatic rings. The summed E-state index contributed by atoms with van der Waals surface area (Å²) in [4.78, 5) is 12.9. The molecule has 2 aromatic rings. The van der Waals surface area contributed by atoms with Crippen LogP contribution >= 0.6 is 11.3 Å². The van der Waals surface area contributed by atoms with Gasteiger partial charge in [-0.05, 0) is 31.6 Å². The van der Waals surface area contributed by atoms with Crippen LogP contribution in [0.2, 0.25) is 0 Å². The number of nitrogens with one attached hydrogen (secondary N) is 1. The molecular weight excluding hydrogens is 366 g/mol. The highest BCUT2D eigenvalue weighted by Gasteiger charge is 2.25. The predicted octanol–water partition coefficient (Wildman–Crippen LogP) is 2.25. The Labute approximate surface area is 150 Å². The molecule has 1 unspecified atom stereocenters. The van der Waals surface area contributed by atoms with Crippen molar-refractivity contribution in [1.29, 1.82) is 0 Å². The number of thiophene rings is 1. The van der Waals surface area contributed by atoms with Gasteiger partial charge < -0.3 is 9.64 Å². The van der Waals surface area contributed by atoms with Crippen LogP contribution in [0.3, 0.4) is 0 Å². The first-order chi connectivity index (χ1) is 11.8. The molecule has 136 valence electrons. The van der Waals surface area contributed by atoms with E-state index in [9.17, 15) is 18.5 Å². The molecule has 25 heavy (non-hydrogen) atoms. The normalized spacial score (nSPS) is 13.0. The molecule has 0 fully saturated rings. The van der Waals surface area contributed by atoms with Crippen LogP contribution in [0.1, 0.15) is 10.9 Å². The predicted molar refractivity (Wildman–Crippen MR) is 95.6 cm³/mol. The summed E-state index contributed by atoms with van der Waals surface area (Å²) in [5.74, 6) is 0.0515. The zero-order valence-electron chi connectivity index (χ0n) is 14.0. The number of ether oxygens (including phenoxy) is 1. The van der Waals surface area contributed by atoms with Gasteiger partial charge in [0.2, 0.25) is 10.0 Å². The smallest absolute Gasteiger partial charge is 0.271 e. The van der Waals surface area contributed by atoms with E-state index in [2.05, 4.69) is 4.72 Å². The largest absolute Gasteiger partial charge is 0.495 e. The maximum Gasteiger partial charge on any atom is 0.271 e. The van der Waals surface area contributed by atoms with Gasteiger partial charge in [0.25, 0.3) is 5.69 Å². The fraction of sp³-hybridized carbons (Fsp3) is 0.333. The summed E-state index contributed by atoms with van der Waals surface area (Å²) in [6, 6.07) is 7.14. The molecular formula is C15H19N3O5S2. The molecule has 0 aliphatic carbocycles. The van der Waals surface area contributed by atoms with E-state index < -0.39 is 14.9 Å². The first-order valence-electron chi connectivity index (χ1n) is 7.28. The summed E-state index contributed by atoms with van der Waals surface area (Å²) >= 11 is 1.53. The first kappa shape index (κ1) is 19.3. The van der Waals surface area contributed by atoms with Crippen LogP contribution in [0.4, 0.5) is 5.69 Å². The maximum atomic E-state index is 12.7. The molecule has 0 amide bonds. The third kappa shape index (κ3) is 4.54. The fourth-order valence-corrected chi connectivity index (χ4v) is 4.42. The summed E-state index contributed by atoms with van der Waals surface area (Å²) in [7, 11) is 1.04. The average molecular weight is 385 g/mol. The third-order valence-electron chi connectivity index (χ3n) is 3.61. The van der Waals surface area contributed by atoms with Crippen molar-refractivity contribution in [3.05, 3.63) is 50.7 Å². The Hall–Kier alpha value is -2.01. The van der Waals surface area contributed by atoms with E-state index in [1.807, 2.05) is 36.5 Å². The monoisotopic (exact) mass is 385 g/mol. The minimum Gasteiger partial charge on any atom is -0.495 e. The minimum absolute atomic E-state index is 0.0515. The van der Waals surface area contributed by atoms with Gasteiger partial charge in [0.15, 0.2) is 0 Å². The number of likely N-dealkylation sites (N-methyl/N-ethyl adjacent to an activating group) is 1. The van der Waals surface area contributed by atoms with Crippen molar-refractivity contribution in [3.8, 4) is 5.75 Å². The number of rotatable bonds is 8. The molecule has 0 radical (unpaired) electrons. The number of nitrogens with zero attached hydrogens (tertiary/aromatic N) is 2. The SMILES string of the molecule is COc1ccc([N+](=O)[O-])cc1S(=O)(=O)NCC(c1cccs1)N(C)C. The highest BCUT2D eigenvalue weighted by atomic mass is 32.2. The van der Waals surface area contributed by atoms with Crippen LogP contribution in [0.5, 0.6) is 5.75 Å². The molecule has 1 aromatic carbocycles. The molecule has 1 heterocycles. The number of sulfonamides is 1. The van der Waals surface area contributed by atoms with Crippen LogP contribution < -0.4 is 9.46 Å². The summed E-state index contributed by atoms with van der Waals surface area (Å²) in [5, 5.41) is 12.9. The first-order valence-corrected chi connectivity index (χ1v) is 9.64. The Morgan fingerprint density at radius 2 is 2.08 bits per heavy atom. The highest BCUT2D eigenvalue weighted by Crippen LogP contribution is 2.29. The summed E-state index contributed by atoms with van der Waals surface area (Å²) in [5.41, 5.74) is -0.316. The number of nitro benzene ring substituents is 1. The van der Waals surface area contributed by atoms with Crippen LogP contribution in [0.25, 0.3) is 0 Å². The van der Waals surface area contributed by atoms with E-state index in [1.54, 1.807) is 0 Å². The van der Waals surface area contributed by atoms with Gasteiger partial charge in [0.1, 0.15) is 10.6 Å². The lowest BCUT2D eigenvalue weighted by molar-refractivity contribution is -0.385. The molecule has 0 saturated carbocycles. The molecule has 8 nitrogen and oxygen atoms in total. The number of hydrogen-bond acceptors (Lipinski definition) is 7. The van der Waals surface area contributed by atoms with Gasteiger partial charge in [-0.25, -0.2) is 13.1 Å². The van der Waals surface area contributed by atoms with Gasteiger partial charge in [-0.2, -0.15) is 0 Å². The van der Waals surface area contributed by atoms with Crippen molar-refractivity contribution in [3.63, 3.8) is 0 Å². The van der Waals surface area contributed by atoms with Crippen molar-refractivity contribution in [2.45, 2.75) is 10.9 Å².